The van der Waals surface area contributed by atoms with E-state index in [1.165, 1.54) is 0 Å². The predicted molar refractivity (Wildman–Crippen MR) is 116 cm³/mol. The number of ether oxygens (including phenoxy) is 2. The summed E-state index contributed by atoms with van der Waals surface area (Å²) in [5.41, 5.74) is 6.37. The maximum Gasteiger partial charge on any atom is 0.252 e. The van der Waals surface area contributed by atoms with E-state index < -0.39 is 11.3 Å². The van der Waals surface area contributed by atoms with Crippen molar-refractivity contribution < 1.29 is 19.1 Å². The first-order valence-corrected chi connectivity index (χ1v) is 10.5. The van der Waals surface area contributed by atoms with E-state index in [2.05, 4.69) is 4.98 Å². The Bertz CT molecular complexity index is 995. The van der Waals surface area contributed by atoms with Crippen LogP contribution in [0.1, 0.15) is 35.2 Å². The van der Waals surface area contributed by atoms with Crippen molar-refractivity contribution in [1.82, 2.24) is 9.88 Å². The Morgan fingerprint density at radius 2 is 2.00 bits per heavy atom. The lowest BCUT2D eigenvalue weighted by Crippen LogP contribution is -2.49. The quantitative estimate of drug-likeness (QED) is 0.764. The molecule has 1 aromatic carbocycles. The Balaban J connectivity index is 1.56. The molecule has 8 heteroatoms. The van der Waals surface area contributed by atoms with Crippen molar-refractivity contribution in [2.24, 2.45) is 11.1 Å². The Morgan fingerprint density at radius 1 is 1.16 bits per heavy atom. The van der Waals surface area contributed by atoms with Crippen LogP contribution < -0.4 is 20.1 Å². The van der Waals surface area contributed by atoms with Crippen LogP contribution in [0.25, 0.3) is 0 Å². The lowest BCUT2D eigenvalue weighted by molar-refractivity contribution is -0.145. The highest BCUT2D eigenvalue weighted by Crippen LogP contribution is 2.43. The minimum atomic E-state index is -0.509. The molecule has 2 N–H and O–H groups in total. The standard InChI is InChI=1S/C23H28N4O4/c1-30-18-8-3-6-16(19(18)31-2)14-26-12-5-9-23(22(26)29)10-13-27(15-23)21-17(20(24)28)7-4-11-25-21/h3-4,6-8,11H,5,9-10,12-15H2,1-2H3,(H2,24,28)/t23-/m0/s1. The number of anilines is 1. The number of piperidine rings is 1. The number of pyridine rings is 1. The fourth-order valence-electron chi connectivity index (χ4n) is 4.86. The SMILES string of the molecule is COc1cccc(CN2CCC[C@@]3(CCN(c4ncccc4C(N)=O)C3)C2=O)c1OC. The Morgan fingerprint density at radius 3 is 2.74 bits per heavy atom. The fraction of sp³-hybridized carbons (Fsp3) is 0.435. The van der Waals surface area contributed by atoms with Crippen molar-refractivity contribution in [2.45, 2.75) is 25.8 Å². The molecule has 2 amide bonds. The van der Waals surface area contributed by atoms with Gasteiger partial charge in [0.2, 0.25) is 5.91 Å². The molecule has 2 saturated heterocycles. The van der Waals surface area contributed by atoms with Crippen molar-refractivity contribution in [2.75, 3.05) is 38.8 Å². The molecule has 2 aliphatic heterocycles. The zero-order chi connectivity index (χ0) is 22.0. The van der Waals surface area contributed by atoms with E-state index in [1.807, 2.05) is 28.0 Å². The van der Waals surface area contributed by atoms with Crippen LogP contribution in [0.4, 0.5) is 5.82 Å². The highest BCUT2D eigenvalue weighted by molar-refractivity contribution is 5.98. The highest BCUT2D eigenvalue weighted by atomic mass is 16.5. The summed E-state index contributed by atoms with van der Waals surface area (Å²) in [7, 11) is 3.21. The summed E-state index contributed by atoms with van der Waals surface area (Å²) in [4.78, 5) is 33.8. The molecule has 1 spiro atoms. The molecule has 3 heterocycles. The first-order valence-electron chi connectivity index (χ1n) is 10.5. The number of hydrogen-bond donors (Lipinski definition) is 1. The minimum absolute atomic E-state index is 0.141. The van der Waals surface area contributed by atoms with E-state index in [4.69, 9.17) is 15.2 Å². The second-order valence-corrected chi connectivity index (χ2v) is 8.17. The van der Waals surface area contributed by atoms with Gasteiger partial charge in [0.25, 0.3) is 5.91 Å². The number of carbonyl (C=O) groups is 2. The van der Waals surface area contributed by atoms with E-state index in [9.17, 15) is 9.59 Å². The van der Waals surface area contributed by atoms with Gasteiger partial charge >= 0.3 is 0 Å². The molecule has 2 aromatic rings. The van der Waals surface area contributed by atoms with Crippen LogP contribution in [-0.4, -0.2) is 55.6 Å². The zero-order valence-corrected chi connectivity index (χ0v) is 18.0. The van der Waals surface area contributed by atoms with Gasteiger partial charge < -0.3 is 25.0 Å². The van der Waals surface area contributed by atoms with Crippen molar-refractivity contribution in [3.05, 3.63) is 47.7 Å². The molecule has 8 nitrogen and oxygen atoms in total. The summed E-state index contributed by atoms with van der Waals surface area (Å²) >= 11 is 0. The number of methoxy groups -OCH3 is 2. The molecule has 2 aliphatic rings. The van der Waals surface area contributed by atoms with Gasteiger partial charge in [-0.1, -0.05) is 12.1 Å². The van der Waals surface area contributed by atoms with Gasteiger partial charge in [-0.15, -0.1) is 0 Å². The first-order chi connectivity index (χ1) is 15.0. The lowest BCUT2D eigenvalue weighted by Gasteiger charge is -2.39. The van der Waals surface area contributed by atoms with E-state index in [-0.39, 0.29) is 5.91 Å². The molecule has 1 atom stereocenters. The summed E-state index contributed by atoms with van der Waals surface area (Å²) in [5.74, 6) is 1.50. The number of primary amides is 1. The van der Waals surface area contributed by atoms with Crippen LogP contribution in [0.5, 0.6) is 11.5 Å². The largest absolute Gasteiger partial charge is 0.493 e. The van der Waals surface area contributed by atoms with Gasteiger partial charge in [-0.05, 0) is 37.5 Å². The maximum atomic E-state index is 13.6. The molecular formula is C23H28N4O4. The summed E-state index contributed by atoms with van der Waals surface area (Å²) < 4.78 is 10.9. The second kappa shape index (κ2) is 8.45. The third-order valence-corrected chi connectivity index (χ3v) is 6.38. The molecular weight excluding hydrogens is 396 g/mol. The van der Waals surface area contributed by atoms with Crippen molar-refractivity contribution in [1.29, 1.82) is 0 Å². The first kappa shape index (κ1) is 21.0. The van der Waals surface area contributed by atoms with Crippen LogP contribution in [0, 0.1) is 5.41 Å². The molecule has 0 unspecified atom stereocenters. The number of nitrogens with two attached hydrogens (primary N) is 1. The van der Waals surface area contributed by atoms with Gasteiger partial charge in [0, 0.05) is 37.9 Å². The molecule has 0 aliphatic carbocycles. The molecule has 2 fully saturated rings. The predicted octanol–water partition coefficient (Wildman–Crippen LogP) is 2.22. The molecule has 4 rings (SSSR count). The van der Waals surface area contributed by atoms with Gasteiger partial charge in [-0.3, -0.25) is 9.59 Å². The molecule has 31 heavy (non-hydrogen) atoms. The monoisotopic (exact) mass is 424 g/mol. The number of aromatic nitrogens is 1. The van der Waals surface area contributed by atoms with Crippen molar-refractivity contribution >= 4 is 17.6 Å². The van der Waals surface area contributed by atoms with Crippen LogP contribution in [0.15, 0.2) is 36.5 Å². The van der Waals surface area contributed by atoms with E-state index in [0.29, 0.717) is 49.1 Å². The van der Waals surface area contributed by atoms with E-state index in [1.54, 1.807) is 32.5 Å². The van der Waals surface area contributed by atoms with Gasteiger partial charge in [0.1, 0.15) is 5.82 Å². The van der Waals surface area contributed by atoms with Crippen LogP contribution >= 0.6 is 0 Å². The zero-order valence-electron chi connectivity index (χ0n) is 18.0. The van der Waals surface area contributed by atoms with Gasteiger partial charge in [-0.2, -0.15) is 0 Å². The van der Waals surface area contributed by atoms with Crippen LogP contribution in [0.3, 0.4) is 0 Å². The Hall–Kier alpha value is -3.29. The normalized spacial score (nSPS) is 20.9. The average Bonchev–Trinajstić information content (AvgIpc) is 3.21. The number of hydrogen-bond acceptors (Lipinski definition) is 6. The maximum absolute atomic E-state index is 13.6. The molecule has 1 aromatic heterocycles. The number of carbonyl (C=O) groups excluding carboxylic acids is 2. The number of benzene rings is 1. The lowest BCUT2D eigenvalue weighted by atomic mass is 9.78. The van der Waals surface area contributed by atoms with Crippen molar-refractivity contribution in [3.8, 4) is 11.5 Å². The summed E-state index contributed by atoms with van der Waals surface area (Å²) in [6.45, 7) is 2.38. The fourth-order valence-corrected chi connectivity index (χ4v) is 4.86. The van der Waals surface area contributed by atoms with E-state index >= 15 is 0 Å². The van der Waals surface area contributed by atoms with E-state index in [0.717, 1.165) is 24.8 Å². The summed E-state index contributed by atoms with van der Waals surface area (Å²) in [6, 6.07) is 9.10. The number of nitrogens with zero attached hydrogens (tertiary/aromatic N) is 3. The Kier molecular flexibility index (Phi) is 5.71. The highest BCUT2D eigenvalue weighted by Gasteiger charge is 2.49. The Labute approximate surface area is 181 Å². The number of likely N-dealkylation sites (tertiary alicyclic amines) is 1. The van der Waals surface area contributed by atoms with Gasteiger partial charge in [0.15, 0.2) is 11.5 Å². The summed E-state index contributed by atoms with van der Waals surface area (Å²) in [6.07, 6.45) is 4.13. The topological polar surface area (TPSA) is 98.0 Å². The number of amides is 2. The average molecular weight is 425 g/mol. The summed E-state index contributed by atoms with van der Waals surface area (Å²) in [5, 5.41) is 0. The van der Waals surface area contributed by atoms with Crippen LogP contribution in [-0.2, 0) is 11.3 Å². The third-order valence-electron chi connectivity index (χ3n) is 6.38. The second-order valence-electron chi connectivity index (χ2n) is 8.17. The van der Waals surface area contributed by atoms with Crippen molar-refractivity contribution in [3.63, 3.8) is 0 Å². The van der Waals surface area contributed by atoms with Crippen LogP contribution in [0.2, 0.25) is 0 Å². The van der Waals surface area contributed by atoms with Gasteiger partial charge in [-0.25, -0.2) is 4.98 Å². The smallest absolute Gasteiger partial charge is 0.252 e. The minimum Gasteiger partial charge on any atom is -0.493 e. The number of para-hydroxylation sites is 1. The molecule has 0 bridgehead atoms. The third kappa shape index (κ3) is 3.78. The molecule has 0 radical (unpaired) electrons. The molecule has 164 valence electrons. The van der Waals surface area contributed by atoms with Gasteiger partial charge in [0.05, 0.1) is 25.2 Å². The number of rotatable bonds is 6. The molecule has 0 saturated carbocycles.